The summed E-state index contributed by atoms with van der Waals surface area (Å²) in [6.07, 6.45) is -23.1. The molecule has 0 aliphatic rings. The molecule has 0 aliphatic carbocycles. The number of halogens is 12. The van der Waals surface area contributed by atoms with Crippen LogP contribution in [0.15, 0.2) is 6.07 Å². The second-order valence-corrected chi connectivity index (χ2v) is 5.15. The Labute approximate surface area is 158 Å². The fourth-order valence-corrected chi connectivity index (χ4v) is 2.00. The molecular formula is C13H9F12NO4. The van der Waals surface area contributed by atoms with Gasteiger partial charge >= 0.3 is 25.4 Å². The van der Waals surface area contributed by atoms with Crippen LogP contribution in [0.4, 0.5) is 52.7 Å². The van der Waals surface area contributed by atoms with Crippen molar-refractivity contribution in [1.29, 1.82) is 0 Å². The maximum Gasteiger partial charge on any atom is 0.573 e. The van der Waals surface area contributed by atoms with Crippen molar-refractivity contribution in [2.45, 2.75) is 38.4 Å². The van der Waals surface area contributed by atoms with Crippen molar-refractivity contribution in [3.05, 3.63) is 11.6 Å². The molecule has 0 saturated carbocycles. The molecule has 0 fully saturated rings. The van der Waals surface area contributed by atoms with Gasteiger partial charge in [0.05, 0.1) is 5.56 Å². The predicted octanol–water partition coefficient (Wildman–Crippen LogP) is 5.56. The van der Waals surface area contributed by atoms with Crippen LogP contribution >= 0.6 is 0 Å². The lowest BCUT2D eigenvalue weighted by Gasteiger charge is -2.26. The van der Waals surface area contributed by atoms with E-state index in [0.717, 1.165) is 14.0 Å². The number of hydrogen-bond donors (Lipinski definition) is 1. The van der Waals surface area contributed by atoms with Gasteiger partial charge in [0.15, 0.2) is 23.0 Å². The van der Waals surface area contributed by atoms with Gasteiger partial charge in [0.25, 0.3) is 0 Å². The smallest absolute Gasteiger partial charge is 0.402 e. The molecule has 0 amide bonds. The van der Waals surface area contributed by atoms with Crippen LogP contribution in [-0.2, 0) is 0 Å². The van der Waals surface area contributed by atoms with Crippen LogP contribution in [0.5, 0.6) is 23.0 Å². The van der Waals surface area contributed by atoms with E-state index >= 15 is 0 Å². The Morgan fingerprint density at radius 2 is 0.933 bits per heavy atom. The van der Waals surface area contributed by atoms with Crippen LogP contribution in [0, 0.1) is 0 Å². The van der Waals surface area contributed by atoms with Gasteiger partial charge in [-0.3, -0.25) is 0 Å². The van der Waals surface area contributed by atoms with Crippen molar-refractivity contribution in [2.24, 2.45) is 0 Å². The molecule has 174 valence electrons. The van der Waals surface area contributed by atoms with Gasteiger partial charge in [-0.15, -0.1) is 52.7 Å². The lowest BCUT2D eigenvalue weighted by Crippen LogP contribution is -2.27. The van der Waals surface area contributed by atoms with Crippen LogP contribution < -0.4 is 24.3 Å². The van der Waals surface area contributed by atoms with Gasteiger partial charge in [-0.2, -0.15) is 0 Å². The number of hydrogen-bond acceptors (Lipinski definition) is 5. The Balaban J connectivity index is 3.99. The van der Waals surface area contributed by atoms with Gasteiger partial charge in [0.1, 0.15) is 0 Å². The molecule has 0 bridgehead atoms. The van der Waals surface area contributed by atoms with E-state index in [1.165, 1.54) is 0 Å². The molecule has 1 aromatic rings. The van der Waals surface area contributed by atoms with E-state index in [0.29, 0.717) is 0 Å². The number of benzene rings is 1. The van der Waals surface area contributed by atoms with Crippen LogP contribution in [-0.4, -0.2) is 32.5 Å². The highest BCUT2D eigenvalue weighted by Gasteiger charge is 2.44. The second-order valence-electron chi connectivity index (χ2n) is 5.15. The summed E-state index contributed by atoms with van der Waals surface area (Å²) in [6.45, 7) is 0.788. The van der Waals surface area contributed by atoms with Gasteiger partial charge in [-0.1, -0.05) is 0 Å². The van der Waals surface area contributed by atoms with Crippen molar-refractivity contribution in [3.63, 3.8) is 0 Å². The summed E-state index contributed by atoms with van der Waals surface area (Å²) in [7, 11) is 0.918. The molecule has 0 spiro atoms. The van der Waals surface area contributed by atoms with Crippen molar-refractivity contribution in [2.75, 3.05) is 7.05 Å². The predicted molar refractivity (Wildman–Crippen MR) is 70.6 cm³/mol. The normalized spacial score (nSPS) is 14.3. The minimum Gasteiger partial charge on any atom is -0.402 e. The Morgan fingerprint density at radius 1 is 0.633 bits per heavy atom. The minimum atomic E-state index is -5.78. The van der Waals surface area contributed by atoms with Crippen molar-refractivity contribution in [1.82, 2.24) is 5.32 Å². The molecule has 0 radical (unpaired) electrons. The summed E-state index contributed by atoms with van der Waals surface area (Å²) < 4.78 is 165. The molecule has 0 aliphatic heterocycles. The summed E-state index contributed by atoms with van der Waals surface area (Å²) in [5, 5.41) is 2.05. The van der Waals surface area contributed by atoms with E-state index < -0.39 is 66.1 Å². The van der Waals surface area contributed by atoms with E-state index in [1.54, 1.807) is 0 Å². The largest absolute Gasteiger partial charge is 0.573 e. The summed E-state index contributed by atoms with van der Waals surface area (Å²) in [6, 6.07) is -2.32. The lowest BCUT2D eigenvalue weighted by molar-refractivity contribution is -0.291. The summed E-state index contributed by atoms with van der Waals surface area (Å²) >= 11 is 0. The summed E-state index contributed by atoms with van der Waals surface area (Å²) in [5.41, 5.74) is -1.55. The molecule has 1 aromatic carbocycles. The van der Waals surface area contributed by atoms with Crippen molar-refractivity contribution < 1.29 is 71.6 Å². The average molecular weight is 471 g/mol. The number of ether oxygens (including phenoxy) is 4. The zero-order valence-electron chi connectivity index (χ0n) is 14.3. The molecule has 1 N–H and O–H groups in total. The fraction of sp³-hybridized carbons (Fsp3) is 0.538. The lowest BCUT2D eigenvalue weighted by atomic mass is 10.0. The highest BCUT2D eigenvalue weighted by atomic mass is 19.4. The quantitative estimate of drug-likeness (QED) is 0.551. The zero-order valence-corrected chi connectivity index (χ0v) is 14.3. The fourth-order valence-electron chi connectivity index (χ4n) is 2.00. The SMILES string of the molecule is CNC(C)c1c(OC(F)(F)F)c(OC(F)(F)F)cc(OC(F)(F)F)c1OC(F)(F)F. The van der Waals surface area contributed by atoms with Crippen molar-refractivity contribution in [3.8, 4) is 23.0 Å². The molecule has 1 unspecified atom stereocenters. The second kappa shape index (κ2) is 8.35. The maximum atomic E-state index is 12.7. The van der Waals surface area contributed by atoms with E-state index in [-0.39, 0.29) is 0 Å². The molecule has 1 atom stereocenters. The van der Waals surface area contributed by atoms with E-state index in [2.05, 4.69) is 18.9 Å². The third-order valence-electron chi connectivity index (χ3n) is 2.95. The third-order valence-corrected chi connectivity index (χ3v) is 2.95. The summed E-state index contributed by atoms with van der Waals surface area (Å²) in [4.78, 5) is 0. The molecular weight excluding hydrogens is 462 g/mol. The van der Waals surface area contributed by atoms with Gasteiger partial charge in [0.2, 0.25) is 0 Å². The molecule has 5 nitrogen and oxygen atoms in total. The van der Waals surface area contributed by atoms with Crippen LogP contribution in [0.2, 0.25) is 0 Å². The number of rotatable bonds is 6. The Bertz CT molecular complexity index is 684. The molecule has 0 heterocycles. The van der Waals surface area contributed by atoms with E-state index in [1.807, 2.05) is 5.32 Å². The summed E-state index contributed by atoms with van der Waals surface area (Å²) in [5.74, 6) is -8.19. The first-order valence-corrected chi connectivity index (χ1v) is 7.13. The highest BCUT2D eigenvalue weighted by Crippen LogP contribution is 2.52. The number of alkyl halides is 12. The maximum absolute atomic E-state index is 12.7. The van der Waals surface area contributed by atoms with Crippen LogP contribution in [0.3, 0.4) is 0 Å². The topological polar surface area (TPSA) is 49.0 Å². The van der Waals surface area contributed by atoms with Crippen LogP contribution in [0.25, 0.3) is 0 Å². The highest BCUT2D eigenvalue weighted by molar-refractivity contribution is 5.62. The molecule has 30 heavy (non-hydrogen) atoms. The van der Waals surface area contributed by atoms with Gasteiger partial charge in [0, 0.05) is 12.1 Å². The Kier molecular flexibility index (Phi) is 7.12. The molecule has 0 aromatic heterocycles. The van der Waals surface area contributed by atoms with Gasteiger partial charge in [-0.05, 0) is 14.0 Å². The van der Waals surface area contributed by atoms with Crippen molar-refractivity contribution >= 4 is 0 Å². The standard InChI is InChI=1S/C13H9F12NO4/c1-4(26-2)7-8(29-12(20,21)22)5(27-10(14,15)16)3-6(28-11(17,18)19)9(7)30-13(23,24)25/h3-4,26H,1-2H3. The molecule has 0 saturated heterocycles. The first kappa shape index (κ1) is 25.6. The number of nitrogens with one attached hydrogen (secondary N) is 1. The van der Waals surface area contributed by atoms with Gasteiger partial charge < -0.3 is 24.3 Å². The average Bonchev–Trinajstić information content (AvgIpc) is 2.45. The first-order chi connectivity index (χ1) is 13.2. The molecule has 17 heteroatoms. The Morgan fingerprint density at radius 3 is 1.17 bits per heavy atom. The molecule has 1 rings (SSSR count). The first-order valence-electron chi connectivity index (χ1n) is 7.13. The van der Waals surface area contributed by atoms with E-state index in [9.17, 15) is 52.7 Å². The minimum absolute atomic E-state index is 0.533. The third kappa shape index (κ3) is 8.11. The monoisotopic (exact) mass is 471 g/mol. The zero-order chi connectivity index (χ0) is 23.7. The van der Waals surface area contributed by atoms with E-state index in [4.69, 9.17) is 0 Å². The van der Waals surface area contributed by atoms with Gasteiger partial charge in [-0.25, -0.2) is 0 Å². The van der Waals surface area contributed by atoms with Crippen LogP contribution in [0.1, 0.15) is 18.5 Å². The Hall–Kier alpha value is -2.46.